The number of anilines is 2. The van der Waals surface area contributed by atoms with E-state index in [1.807, 2.05) is 36.4 Å². The van der Waals surface area contributed by atoms with Crippen LogP contribution in [0.1, 0.15) is 76.3 Å². The molecule has 5 amide bonds. The average Bonchev–Trinajstić information content (AvgIpc) is 3.93. The van der Waals surface area contributed by atoms with Gasteiger partial charge in [-0.25, -0.2) is 32.0 Å². The lowest BCUT2D eigenvalue weighted by Gasteiger charge is -2.51. The summed E-state index contributed by atoms with van der Waals surface area (Å²) in [6.07, 6.45) is 5.43. The van der Waals surface area contributed by atoms with Crippen molar-refractivity contribution in [3.63, 3.8) is 0 Å². The fourth-order valence-corrected chi connectivity index (χ4v) is 10.6. The Balaban J connectivity index is 0.763. The molecule has 1 spiro atoms. The van der Waals surface area contributed by atoms with Gasteiger partial charge in [-0.15, -0.1) is 0 Å². The number of nitrogens with zero attached hydrogens (tertiary/aromatic N) is 7. The molecule has 3 saturated heterocycles. The molecule has 5 aliphatic heterocycles. The molecule has 7 heterocycles. The number of halogens is 5. The molecule has 20 heteroatoms. The number of alkyl halides is 4. The van der Waals surface area contributed by atoms with E-state index >= 15 is 8.78 Å². The van der Waals surface area contributed by atoms with Crippen LogP contribution in [-0.4, -0.2) is 119 Å². The molecule has 4 fully saturated rings. The molecular weight excluding hydrogens is 882 g/mol. The summed E-state index contributed by atoms with van der Waals surface area (Å²) in [5.74, 6) is -6.46. The van der Waals surface area contributed by atoms with Crippen LogP contribution in [0.2, 0.25) is 5.02 Å². The van der Waals surface area contributed by atoms with E-state index in [4.69, 9.17) is 16.6 Å². The van der Waals surface area contributed by atoms with Gasteiger partial charge in [0, 0.05) is 93.5 Å². The molecule has 1 aliphatic carbocycles. The molecule has 1 unspecified atom stereocenters. The van der Waals surface area contributed by atoms with Gasteiger partial charge in [0.15, 0.2) is 5.82 Å². The number of fused-ring (bicyclic) bond motifs is 2. The van der Waals surface area contributed by atoms with Gasteiger partial charge in [-0.05, 0) is 79.8 Å². The fourth-order valence-electron chi connectivity index (χ4n) is 10.3. The van der Waals surface area contributed by atoms with E-state index in [9.17, 15) is 28.0 Å². The number of hydrogen-bond donors (Lipinski definition) is 4. The smallest absolute Gasteiger partial charge is 0.328 e. The number of piperidine rings is 2. The van der Waals surface area contributed by atoms with Gasteiger partial charge in [-0.1, -0.05) is 29.8 Å². The predicted octanol–water partition coefficient (Wildman–Crippen LogP) is 5.84. The molecular formula is C46H48ClF4N11O4. The van der Waals surface area contributed by atoms with Crippen molar-refractivity contribution in [3.8, 4) is 11.3 Å². The predicted molar refractivity (Wildman–Crippen MR) is 238 cm³/mol. The molecule has 4 aromatic rings. The first-order valence-corrected chi connectivity index (χ1v) is 22.6. The zero-order valence-corrected chi connectivity index (χ0v) is 36.8. The molecule has 66 heavy (non-hydrogen) atoms. The molecule has 10 rings (SSSR count). The van der Waals surface area contributed by atoms with Crippen molar-refractivity contribution >= 4 is 52.4 Å². The topological polar surface area (TPSA) is 160 Å². The summed E-state index contributed by atoms with van der Waals surface area (Å²) >= 11 is 6.38. The number of rotatable bonds is 9. The standard InChI is InChI=1S/C46H48ClF4N11O4/c1-52-34-20-38(57-62-37(24-54-40(34)62)41(64)55-29-21-45(48,49)22-29)60-14-9-31-30(3-2-4-35(31)60)33-8-5-27(23-53-33)25-58-16-11-44(46(50,51)26-58)12-17-59(18-13-44)42(65)28-6-7-32(47)36(19-28)61-15-10-39(63)56-43(61)66/h2-8,19-20,23-24,29,38,52,57H,9-18,21-22,25-26H2,1H3,(H,55,64)(H,56,63,66). The average molecular weight is 930 g/mol. The number of nitrogens with one attached hydrogen (secondary N) is 4. The van der Waals surface area contributed by atoms with Crippen LogP contribution >= 0.6 is 11.6 Å². The highest BCUT2D eigenvalue weighted by atomic mass is 35.5. The van der Waals surface area contributed by atoms with Crippen molar-refractivity contribution in [2.75, 3.05) is 61.5 Å². The Morgan fingerprint density at radius 1 is 0.909 bits per heavy atom. The van der Waals surface area contributed by atoms with Gasteiger partial charge in [0.05, 0.1) is 34.8 Å². The maximum Gasteiger partial charge on any atom is 0.328 e. The number of likely N-dealkylation sites (tertiary alicyclic amines) is 2. The number of pyridine rings is 1. The molecule has 1 saturated carbocycles. The molecule has 4 N–H and O–H groups in total. The minimum atomic E-state index is -2.99. The number of urea groups is 1. The lowest BCUT2D eigenvalue weighted by Crippen LogP contribution is -2.59. The lowest BCUT2D eigenvalue weighted by molar-refractivity contribution is -0.186. The van der Waals surface area contributed by atoms with E-state index in [-0.39, 0.29) is 86.5 Å². The molecule has 0 radical (unpaired) electrons. The fraction of sp³-hybridized carbons (Fsp3) is 0.435. The summed E-state index contributed by atoms with van der Waals surface area (Å²) in [4.78, 5) is 67.0. The van der Waals surface area contributed by atoms with Crippen LogP contribution in [0.25, 0.3) is 17.0 Å². The minimum absolute atomic E-state index is 0.0955. The number of carbonyl (C=O) groups is 4. The second-order valence-corrected chi connectivity index (χ2v) is 18.5. The van der Waals surface area contributed by atoms with Crippen LogP contribution in [-0.2, 0) is 17.8 Å². The van der Waals surface area contributed by atoms with E-state index in [0.29, 0.717) is 36.8 Å². The number of amides is 5. The second kappa shape index (κ2) is 16.6. The van der Waals surface area contributed by atoms with E-state index < -0.39 is 47.7 Å². The van der Waals surface area contributed by atoms with Gasteiger partial charge in [0.1, 0.15) is 11.9 Å². The van der Waals surface area contributed by atoms with Gasteiger partial charge in [-0.3, -0.25) is 39.9 Å². The minimum Gasteiger partial charge on any atom is -0.385 e. The highest BCUT2D eigenvalue weighted by Gasteiger charge is 2.57. The third-order valence-electron chi connectivity index (χ3n) is 14.1. The Bertz CT molecular complexity index is 2640. The summed E-state index contributed by atoms with van der Waals surface area (Å²) in [5, 5.41) is 8.37. The van der Waals surface area contributed by atoms with E-state index in [1.165, 1.54) is 23.2 Å². The first kappa shape index (κ1) is 43.7. The first-order chi connectivity index (χ1) is 31.6. The molecule has 0 bridgehead atoms. The maximum atomic E-state index is 16.2. The van der Waals surface area contributed by atoms with E-state index in [2.05, 4.69) is 31.3 Å². The SMILES string of the molecule is CNC1=CC(N2CCc3c(-c4ccc(CN5CCC6(CCN(C(=O)c7ccc(Cl)c(N8CCC(=O)NC8=O)c7)CC6)C(F)(F)C5)cn4)cccc32)Nn2c(C(=O)NC3CC(F)(F)C3)cnc21. The van der Waals surface area contributed by atoms with E-state index in [1.54, 1.807) is 33.8 Å². The number of benzene rings is 2. The Morgan fingerprint density at radius 2 is 1.70 bits per heavy atom. The second-order valence-electron chi connectivity index (χ2n) is 18.1. The summed E-state index contributed by atoms with van der Waals surface area (Å²) in [7, 11) is 1.77. The summed E-state index contributed by atoms with van der Waals surface area (Å²) in [6.45, 7) is 1.49. The largest absolute Gasteiger partial charge is 0.385 e. The third kappa shape index (κ3) is 7.88. The monoisotopic (exact) mass is 929 g/mol. The van der Waals surface area contributed by atoms with Crippen molar-refractivity contribution in [2.45, 2.75) is 75.5 Å². The van der Waals surface area contributed by atoms with Crippen LogP contribution in [0.3, 0.4) is 0 Å². The molecule has 6 aliphatic rings. The maximum absolute atomic E-state index is 16.2. The van der Waals surface area contributed by atoms with Gasteiger partial charge < -0.3 is 20.4 Å². The zero-order chi connectivity index (χ0) is 46.1. The molecule has 2 aromatic carbocycles. The van der Waals surface area contributed by atoms with Crippen LogP contribution in [0.4, 0.5) is 33.7 Å². The van der Waals surface area contributed by atoms with Crippen LogP contribution in [0.15, 0.2) is 67.0 Å². The van der Waals surface area contributed by atoms with Crippen molar-refractivity contribution < 1.29 is 36.7 Å². The number of carbonyl (C=O) groups excluding carboxylic acids is 4. The summed E-state index contributed by atoms with van der Waals surface area (Å²) in [5.41, 5.74) is 8.26. The highest BCUT2D eigenvalue weighted by Crippen LogP contribution is 2.51. The molecule has 15 nitrogen and oxygen atoms in total. The molecule has 2 aromatic heterocycles. The van der Waals surface area contributed by atoms with Crippen LogP contribution in [0.5, 0.6) is 0 Å². The van der Waals surface area contributed by atoms with Crippen LogP contribution in [0, 0.1) is 5.41 Å². The van der Waals surface area contributed by atoms with Gasteiger partial charge in [0.25, 0.3) is 23.7 Å². The number of imide groups is 1. The van der Waals surface area contributed by atoms with Crippen molar-refractivity contribution in [1.82, 2.24) is 40.4 Å². The van der Waals surface area contributed by atoms with E-state index in [0.717, 1.165) is 34.5 Å². The van der Waals surface area contributed by atoms with Crippen molar-refractivity contribution in [1.29, 1.82) is 0 Å². The Morgan fingerprint density at radius 3 is 2.41 bits per heavy atom. The zero-order valence-electron chi connectivity index (χ0n) is 36.1. The lowest BCUT2D eigenvalue weighted by atomic mass is 9.68. The van der Waals surface area contributed by atoms with Crippen LogP contribution < -0.4 is 31.2 Å². The normalized spacial score (nSPS) is 22.2. The molecule has 346 valence electrons. The van der Waals surface area contributed by atoms with Gasteiger partial charge in [0.2, 0.25) is 5.91 Å². The Labute approximate surface area is 382 Å². The van der Waals surface area contributed by atoms with Gasteiger partial charge >= 0.3 is 6.03 Å². The van der Waals surface area contributed by atoms with Crippen molar-refractivity contribution in [3.05, 3.63) is 100 Å². The first-order valence-electron chi connectivity index (χ1n) is 22.2. The number of aromatic nitrogens is 3. The number of imidazole rings is 1. The molecule has 1 atom stereocenters. The Hall–Kier alpha value is -6.21. The van der Waals surface area contributed by atoms with Gasteiger partial charge in [-0.2, -0.15) is 0 Å². The third-order valence-corrected chi connectivity index (χ3v) is 14.4. The summed E-state index contributed by atoms with van der Waals surface area (Å²) < 4.78 is 61.0. The number of hydrogen-bond acceptors (Lipinski definition) is 10. The Kier molecular flexibility index (Phi) is 11.0. The highest BCUT2D eigenvalue weighted by molar-refractivity contribution is 6.34. The summed E-state index contributed by atoms with van der Waals surface area (Å²) in [6, 6.07) is 13.2. The quantitative estimate of drug-likeness (QED) is 0.150. The van der Waals surface area contributed by atoms with Crippen molar-refractivity contribution in [2.24, 2.45) is 5.41 Å².